The Morgan fingerprint density at radius 3 is 2.82 bits per heavy atom. The van der Waals surface area contributed by atoms with Crippen molar-refractivity contribution >= 4 is 78.2 Å². The van der Waals surface area contributed by atoms with E-state index in [2.05, 4.69) is 10.3 Å². The molecule has 6 rings (SSSR count). The fourth-order valence-electron chi connectivity index (χ4n) is 4.52. The van der Waals surface area contributed by atoms with Crippen molar-refractivity contribution in [2.45, 2.75) is 40.9 Å². The van der Waals surface area contributed by atoms with Crippen LogP contribution < -0.4 is 10.9 Å². The van der Waals surface area contributed by atoms with Gasteiger partial charge in [0.05, 0.1) is 21.4 Å². The van der Waals surface area contributed by atoms with Gasteiger partial charge >= 0.3 is 0 Å². The number of fused-ring (bicyclic) bond motifs is 4. The summed E-state index contributed by atoms with van der Waals surface area (Å²) in [6.45, 7) is 0. The number of thiazole rings is 1. The number of anilines is 1. The van der Waals surface area contributed by atoms with Crippen LogP contribution in [0.2, 0.25) is 0 Å². The number of carbonyl (C=O) groups is 1. The van der Waals surface area contributed by atoms with Crippen LogP contribution in [0.1, 0.15) is 28.8 Å². The molecule has 1 amide bonds. The summed E-state index contributed by atoms with van der Waals surface area (Å²) in [5.41, 5.74) is 3.31. The van der Waals surface area contributed by atoms with E-state index in [1.807, 2.05) is 24.3 Å². The van der Waals surface area contributed by atoms with E-state index in [0.29, 0.717) is 22.2 Å². The molecule has 0 radical (unpaired) electrons. The summed E-state index contributed by atoms with van der Waals surface area (Å²) < 4.78 is 17.3. The number of hydrogen-bond acceptors (Lipinski definition) is 8. The smallest absolute Gasteiger partial charge is 0.262 e. The maximum absolute atomic E-state index is 13.9. The van der Waals surface area contributed by atoms with Gasteiger partial charge < -0.3 is 5.32 Å². The average molecular weight is 583 g/mol. The molecule has 0 saturated heterocycles. The summed E-state index contributed by atoms with van der Waals surface area (Å²) in [5, 5.41) is 4.24. The lowest BCUT2D eigenvalue weighted by molar-refractivity contribution is -0.113. The Morgan fingerprint density at radius 1 is 1.11 bits per heavy atom. The molecule has 0 unspecified atom stereocenters. The van der Waals surface area contributed by atoms with E-state index >= 15 is 0 Å². The fourth-order valence-corrected chi connectivity index (χ4v) is 8.69. The Labute approximate surface area is 234 Å². The molecule has 2 aromatic carbocycles. The Hall–Kier alpha value is -2.73. The van der Waals surface area contributed by atoms with Gasteiger partial charge in [0.1, 0.15) is 10.6 Å². The summed E-state index contributed by atoms with van der Waals surface area (Å²) in [6, 6.07) is 12.4. The van der Waals surface area contributed by atoms with E-state index in [9.17, 15) is 14.0 Å². The lowest BCUT2D eigenvalue weighted by Crippen LogP contribution is -2.21. The molecule has 0 atom stereocenters. The van der Waals surface area contributed by atoms with E-state index in [1.54, 1.807) is 35.1 Å². The summed E-state index contributed by atoms with van der Waals surface area (Å²) in [6.07, 6.45) is 4.22. The molecule has 1 aliphatic rings. The molecule has 194 valence electrons. The van der Waals surface area contributed by atoms with Crippen molar-refractivity contribution in [1.82, 2.24) is 14.5 Å². The minimum absolute atomic E-state index is 0.0309. The molecular weight excluding hydrogens is 560 g/mol. The van der Waals surface area contributed by atoms with Gasteiger partial charge in [0.25, 0.3) is 5.56 Å². The molecule has 11 heteroatoms. The molecule has 0 bridgehead atoms. The molecule has 6 nitrogen and oxygen atoms in total. The van der Waals surface area contributed by atoms with Crippen LogP contribution in [0, 0.1) is 5.82 Å². The van der Waals surface area contributed by atoms with Crippen LogP contribution >= 0.6 is 46.2 Å². The normalized spacial score (nSPS) is 13.2. The summed E-state index contributed by atoms with van der Waals surface area (Å²) in [5.74, 6) is 0.256. The first-order chi connectivity index (χ1) is 18.5. The predicted octanol–water partition coefficient (Wildman–Crippen LogP) is 6.65. The highest BCUT2D eigenvalue weighted by atomic mass is 32.2. The zero-order valence-corrected chi connectivity index (χ0v) is 23.7. The van der Waals surface area contributed by atoms with E-state index in [-0.39, 0.29) is 23.0 Å². The monoisotopic (exact) mass is 582 g/mol. The second kappa shape index (κ2) is 10.8. The Morgan fingerprint density at radius 2 is 1.95 bits per heavy atom. The number of rotatable bonds is 7. The molecule has 1 aliphatic carbocycles. The third kappa shape index (κ3) is 5.12. The van der Waals surface area contributed by atoms with Crippen LogP contribution in [0.3, 0.4) is 0 Å². The van der Waals surface area contributed by atoms with Gasteiger partial charge in [-0.15, -0.1) is 22.7 Å². The first-order valence-corrected chi connectivity index (χ1v) is 15.8. The number of thioether (sulfide) groups is 2. The van der Waals surface area contributed by atoms with Gasteiger partial charge in [-0.1, -0.05) is 41.7 Å². The van der Waals surface area contributed by atoms with Crippen LogP contribution in [-0.4, -0.2) is 26.2 Å². The second-order valence-electron chi connectivity index (χ2n) is 9.03. The van der Waals surface area contributed by atoms with E-state index in [4.69, 9.17) is 4.98 Å². The minimum Gasteiger partial charge on any atom is -0.325 e. The van der Waals surface area contributed by atoms with Crippen LogP contribution in [0.5, 0.6) is 0 Å². The third-order valence-corrected chi connectivity index (χ3v) is 10.9. The number of nitrogens with zero attached hydrogens (tertiary/aromatic N) is 3. The number of carbonyl (C=O) groups excluding carboxylic acids is 1. The number of aryl methyl sites for hydroxylation is 2. The van der Waals surface area contributed by atoms with Crippen LogP contribution in [0.4, 0.5) is 10.1 Å². The highest BCUT2D eigenvalue weighted by Crippen LogP contribution is 2.35. The lowest BCUT2D eigenvalue weighted by Gasteiger charge is -2.11. The van der Waals surface area contributed by atoms with Gasteiger partial charge in [0.15, 0.2) is 9.50 Å². The van der Waals surface area contributed by atoms with Crippen molar-refractivity contribution in [2.75, 3.05) is 11.1 Å². The summed E-state index contributed by atoms with van der Waals surface area (Å²) >= 11 is 5.89. The number of aromatic nitrogens is 3. The average Bonchev–Trinajstić information content (AvgIpc) is 3.50. The molecule has 38 heavy (non-hydrogen) atoms. The van der Waals surface area contributed by atoms with E-state index < -0.39 is 0 Å². The third-order valence-electron chi connectivity index (χ3n) is 6.45. The van der Waals surface area contributed by atoms with Gasteiger partial charge in [-0.3, -0.25) is 14.2 Å². The van der Waals surface area contributed by atoms with Gasteiger partial charge in [-0.2, -0.15) is 0 Å². The standard InChI is InChI=1S/C27H23FN4O2S4/c1-32-25(34)23-17-7-3-5-9-20(17)37-24(23)31-26(32)35-14-22(33)29-16-10-11-19-21(12-16)38-27(30-19)36-13-15-6-2-4-8-18(15)28/h2,4,6,8,10-12H,3,5,7,9,13-14H2,1H3,(H,29,33). The number of benzene rings is 2. The molecule has 0 fully saturated rings. The largest absolute Gasteiger partial charge is 0.325 e. The van der Waals surface area contributed by atoms with E-state index in [0.717, 1.165) is 50.5 Å². The van der Waals surface area contributed by atoms with Crippen LogP contribution in [-0.2, 0) is 30.4 Å². The fraction of sp³-hybridized carbons (Fsp3) is 0.259. The Kier molecular flexibility index (Phi) is 7.26. The second-order valence-corrected chi connectivity index (χ2v) is 13.3. The maximum atomic E-state index is 13.9. The van der Waals surface area contributed by atoms with Gasteiger partial charge in [0, 0.05) is 23.4 Å². The molecule has 3 heterocycles. The summed E-state index contributed by atoms with van der Waals surface area (Å²) in [7, 11) is 1.72. The summed E-state index contributed by atoms with van der Waals surface area (Å²) in [4.78, 5) is 37.2. The molecular formula is C27H23FN4O2S4. The Bertz CT molecular complexity index is 1740. The highest BCUT2D eigenvalue weighted by Gasteiger charge is 2.21. The van der Waals surface area contributed by atoms with Crippen molar-refractivity contribution < 1.29 is 9.18 Å². The SMILES string of the molecule is Cn1c(SCC(=O)Nc2ccc3nc(SCc4ccccc4F)sc3c2)nc2sc3c(c2c1=O)CCCC3. The predicted molar refractivity (Wildman–Crippen MR) is 156 cm³/mol. The number of hydrogen-bond donors (Lipinski definition) is 1. The number of nitrogens with one attached hydrogen (secondary N) is 1. The zero-order valence-electron chi connectivity index (χ0n) is 20.5. The van der Waals surface area contributed by atoms with E-state index in [1.165, 1.54) is 51.4 Å². The molecule has 0 saturated carbocycles. The van der Waals surface area contributed by atoms with Crippen molar-refractivity contribution in [3.63, 3.8) is 0 Å². The van der Waals surface area contributed by atoms with Crippen molar-refractivity contribution in [3.8, 4) is 0 Å². The Balaban J connectivity index is 1.12. The first kappa shape index (κ1) is 25.5. The van der Waals surface area contributed by atoms with Crippen molar-refractivity contribution in [2.24, 2.45) is 7.05 Å². The molecule has 0 aliphatic heterocycles. The van der Waals surface area contributed by atoms with Crippen LogP contribution in [0.15, 0.2) is 56.8 Å². The minimum atomic E-state index is -0.214. The molecule has 5 aromatic rings. The first-order valence-electron chi connectivity index (χ1n) is 12.2. The molecule has 3 aromatic heterocycles. The van der Waals surface area contributed by atoms with Gasteiger partial charge in [0.2, 0.25) is 5.91 Å². The quantitative estimate of drug-likeness (QED) is 0.171. The van der Waals surface area contributed by atoms with Gasteiger partial charge in [-0.25, -0.2) is 14.4 Å². The molecule has 0 spiro atoms. The molecule has 1 N–H and O–H groups in total. The maximum Gasteiger partial charge on any atom is 0.262 e. The van der Waals surface area contributed by atoms with Crippen molar-refractivity contribution in [1.29, 1.82) is 0 Å². The number of amides is 1. The topological polar surface area (TPSA) is 76.9 Å². The van der Waals surface area contributed by atoms with Gasteiger partial charge in [-0.05, 0) is 61.1 Å². The number of thiophene rings is 1. The van der Waals surface area contributed by atoms with Crippen LogP contribution in [0.25, 0.3) is 20.4 Å². The van der Waals surface area contributed by atoms with Crippen molar-refractivity contribution in [3.05, 3.63) is 74.6 Å². The lowest BCUT2D eigenvalue weighted by atomic mass is 9.97. The number of halogens is 1. The zero-order chi connectivity index (χ0) is 26.2. The highest BCUT2D eigenvalue weighted by molar-refractivity contribution is 8.00.